The molecule has 1 rings (SSSR count). The SMILES string of the molecule is CCOc1cc(C(C)=O)ccc1OC(F)(F)F. The predicted molar refractivity (Wildman–Crippen MR) is 54.3 cm³/mol. The Bertz CT molecular complexity index is 413. The number of hydrogen-bond donors (Lipinski definition) is 0. The van der Waals surface area contributed by atoms with Gasteiger partial charge in [0.2, 0.25) is 0 Å². The number of ketones is 1. The third-order valence-electron chi connectivity index (χ3n) is 1.88. The Hall–Kier alpha value is -1.72. The lowest BCUT2D eigenvalue weighted by atomic mass is 10.1. The second-order valence-corrected chi connectivity index (χ2v) is 3.20. The highest BCUT2D eigenvalue weighted by Gasteiger charge is 2.32. The van der Waals surface area contributed by atoms with Gasteiger partial charge in [-0.1, -0.05) is 0 Å². The summed E-state index contributed by atoms with van der Waals surface area (Å²) in [5, 5.41) is 0. The van der Waals surface area contributed by atoms with Crippen molar-refractivity contribution in [2.75, 3.05) is 6.61 Å². The van der Waals surface area contributed by atoms with Gasteiger partial charge < -0.3 is 9.47 Å². The van der Waals surface area contributed by atoms with E-state index in [1.807, 2.05) is 0 Å². The van der Waals surface area contributed by atoms with E-state index in [9.17, 15) is 18.0 Å². The van der Waals surface area contributed by atoms with Gasteiger partial charge in [-0.3, -0.25) is 4.79 Å². The van der Waals surface area contributed by atoms with Gasteiger partial charge in [0.05, 0.1) is 6.61 Å². The fourth-order valence-corrected chi connectivity index (χ4v) is 1.20. The van der Waals surface area contributed by atoms with Crippen molar-refractivity contribution >= 4 is 5.78 Å². The van der Waals surface area contributed by atoms with E-state index in [1.165, 1.54) is 19.1 Å². The lowest BCUT2D eigenvalue weighted by Crippen LogP contribution is -2.18. The third kappa shape index (κ3) is 3.97. The van der Waals surface area contributed by atoms with E-state index in [-0.39, 0.29) is 23.7 Å². The first-order chi connectivity index (χ1) is 7.83. The lowest BCUT2D eigenvalue weighted by Gasteiger charge is -2.13. The van der Waals surface area contributed by atoms with Gasteiger partial charge in [0.1, 0.15) is 0 Å². The van der Waals surface area contributed by atoms with Crippen LogP contribution >= 0.6 is 0 Å². The summed E-state index contributed by atoms with van der Waals surface area (Å²) in [6.07, 6.45) is -4.79. The van der Waals surface area contributed by atoms with Crippen LogP contribution in [0, 0.1) is 0 Å². The van der Waals surface area contributed by atoms with Crippen LogP contribution in [0.25, 0.3) is 0 Å². The molecule has 0 unspecified atom stereocenters. The largest absolute Gasteiger partial charge is 0.573 e. The Kier molecular flexibility index (Phi) is 3.98. The van der Waals surface area contributed by atoms with Crippen LogP contribution < -0.4 is 9.47 Å². The number of carbonyl (C=O) groups excluding carboxylic acids is 1. The minimum Gasteiger partial charge on any atom is -0.490 e. The molecule has 17 heavy (non-hydrogen) atoms. The van der Waals surface area contributed by atoms with Crippen molar-refractivity contribution in [3.8, 4) is 11.5 Å². The van der Waals surface area contributed by atoms with Crippen LogP contribution in [-0.4, -0.2) is 18.8 Å². The molecule has 0 amide bonds. The van der Waals surface area contributed by atoms with Gasteiger partial charge in [0.25, 0.3) is 0 Å². The molecule has 0 atom stereocenters. The molecule has 0 bridgehead atoms. The molecule has 0 aromatic heterocycles. The molecule has 0 radical (unpaired) electrons. The van der Waals surface area contributed by atoms with Crippen LogP contribution in [0.4, 0.5) is 13.2 Å². The first-order valence-corrected chi connectivity index (χ1v) is 4.87. The molecule has 3 nitrogen and oxygen atoms in total. The Morgan fingerprint density at radius 3 is 2.41 bits per heavy atom. The van der Waals surface area contributed by atoms with Crippen LogP contribution in [-0.2, 0) is 0 Å². The Balaban J connectivity index is 3.08. The van der Waals surface area contributed by atoms with Crippen molar-refractivity contribution in [1.82, 2.24) is 0 Å². The van der Waals surface area contributed by atoms with E-state index < -0.39 is 12.1 Å². The molecule has 0 aliphatic heterocycles. The summed E-state index contributed by atoms with van der Waals surface area (Å²) in [7, 11) is 0. The zero-order chi connectivity index (χ0) is 13.1. The third-order valence-corrected chi connectivity index (χ3v) is 1.88. The summed E-state index contributed by atoms with van der Waals surface area (Å²) >= 11 is 0. The smallest absolute Gasteiger partial charge is 0.490 e. The fraction of sp³-hybridized carbons (Fsp3) is 0.364. The van der Waals surface area contributed by atoms with Crippen molar-refractivity contribution in [2.45, 2.75) is 20.2 Å². The molecule has 94 valence electrons. The van der Waals surface area contributed by atoms with Crippen molar-refractivity contribution in [2.24, 2.45) is 0 Å². The number of ether oxygens (including phenoxy) is 2. The van der Waals surface area contributed by atoms with E-state index >= 15 is 0 Å². The minimum atomic E-state index is -4.79. The van der Waals surface area contributed by atoms with Gasteiger partial charge in [-0.25, -0.2) is 0 Å². The molecule has 1 aromatic carbocycles. The van der Waals surface area contributed by atoms with E-state index in [4.69, 9.17) is 4.74 Å². The number of hydrogen-bond acceptors (Lipinski definition) is 3. The molecular weight excluding hydrogens is 237 g/mol. The molecule has 1 aromatic rings. The second kappa shape index (κ2) is 5.07. The number of Topliss-reactive ketones (excluding diaryl/α,β-unsaturated/α-hetero) is 1. The molecule has 0 saturated carbocycles. The predicted octanol–water partition coefficient (Wildman–Crippen LogP) is 3.19. The van der Waals surface area contributed by atoms with Crippen molar-refractivity contribution in [3.63, 3.8) is 0 Å². The quantitative estimate of drug-likeness (QED) is 0.767. The average molecular weight is 248 g/mol. The van der Waals surface area contributed by atoms with Crippen LogP contribution in [0.3, 0.4) is 0 Å². The molecular formula is C11H11F3O3. The summed E-state index contributed by atoms with van der Waals surface area (Å²) in [5.74, 6) is -0.814. The number of carbonyl (C=O) groups is 1. The molecule has 0 aliphatic carbocycles. The van der Waals surface area contributed by atoms with E-state index in [0.717, 1.165) is 6.07 Å². The molecule has 0 fully saturated rings. The summed E-state index contributed by atoms with van der Waals surface area (Å²) in [5.41, 5.74) is 0.267. The van der Waals surface area contributed by atoms with E-state index in [0.29, 0.717) is 0 Å². The van der Waals surface area contributed by atoms with Crippen LogP contribution in [0.2, 0.25) is 0 Å². The van der Waals surface area contributed by atoms with Crippen molar-refractivity contribution in [3.05, 3.63) is 23.8 Å². The number of benzene rings is 1. The van der Waals surface area contributed by atoms with Crippen molar-refractivity contribution in [1.29, 1.82) is 0 Å². The van der Waals surface area contributed by atoms with Gasteiger partial charge >= 0.3 is 6.36 Å². The van der Waals surface area contributed by atoms with Gasteiger partial charge in [-0.05, 0) is 32.0 Å². The molecule has 0 N–H and O–H groups in total. The minimum absolute atomic E-state index is 0.0995. The van der Waals surface area contributed by atoms with E-state index in [2.05, 4.69) is 4.74 Å². The van der Waals surface area contributed by atoms with Gasteiger partial charge in [0.15, 0.2) is 17.3 Å². The highest BCUT2D eigenvalue weighted by molar-refractivity contribution is 5.94. The summed E-state index contributed by atoms with van der Waals surface area (Å²) in [4.78, 5) is 11.1. The van der Waals surface area contributed by atoms with E-state index in [1.54, 1.807) is 6.92 Å². The zero-order valence-corrected chi connectivity index (χ0v) is 9.30. The Morgan fingerprint density at radius 2 is 1.94 bits per heavy atom. The number of halogens is 3. The van der Waals surface area contributed by atoms with Gasteiger partial charge in [-0.15, -0.1) is 13.2 Å². The highest BCUT2D eigenvalue weighted by Crippen LogP contribution is 2.33. The molecule has 0 spiro atoms. The molecule has 0 aliphatic rings. The Labute approximate surface area is 96.1 Å². The zero-order valence-electron chi connectivity index (χ0n) is 9.30. The monoisotopic (exact) mass is 248 g/mol. The lowest BCUT2D eigenvalue weighted by molar-refractivity contribution is -0.275. The van der Waals surface area contributed by atoms with Crippen LogP contribution in [0.5, 0.6) is 11.5 Å². The first-order valence-electron chi connectivity index (χ1n) is 4.87. The summed E-state index contributed by atoms with van der Waals surface area (Å²) in [6, 6.07) is 3.55. The number of alkyl halides is 3. The second-order valence-electron chi connectivity index (χ2n) is 3.20. The van der Waals surface area contributed by atoms with Crippen molar-refractivity contribution < 1.29 is 27.4 Å². The molecule has 6 heteroatoms. The maximum Gasteiger partial charge on any atom is 0.573 e. The summed E-state index contributed by atoms with van der Waals surface area (Å²) in [6.45, 7) is 3.11. The average Bonchev–Trinajstić information content (AvgIpc) is 2.18. The van der Waals surface area contributed by atoms with Gasteiger partial charge in [-0.2, -0.15) is 0 Å². The van der Waals surface area contributed by atoms with Crippen LogP contribution in [0.1, 0.15) is 24.2 Å². The highest BCUT2D eigenvalue weighted by atomic mass is 19.4. The maximum atomic E-state index is 12.1. The normalized spacial score (nSPS) is 11.1. The topological polar surface area (TPSA) is 35.5 Å². The van der Waals surface area contributed by atoms with Gasteiger partial charge in [0, 0.05) is 5.56 Å². The maximum absolute atomic E-state index is 12.1. The fourth-order valence-electron chi connectivity index (χ4n) is 1.20. The first kappa shape index (κ1) is 13.3. The standard InChI is InChI=1S/C11H11F3O3/c1-3-16-10-6-8(7(2)15)4-5-9(10)17-11(12,13)14/h4-6H,3H2,1-2H3. The Morgan fingerprint density at radius 1 is 1.29 bits per heavy atom. The molecule has 0 saturated heterocycles. The molecule has 0 heterocycles. The van der Waals surface area contributed by atoms with Crippen LogP contribution in [0.15, 0.2) is 18.2 Å². The summed E-state index contributed by atoms with van der Waals surface area (Å²) < 4.78 is 45.0. The number of rotatable bonds is 4.